The molecule has 7 heteroatoms. The van der Waals surface area contributed by atoms with E-state index < -0.39 is 12.0 Å². The number of amides is 2. The van der Waals surface area contributed by atoms with Crippen molar-refractivity contribution in [2.24, 2.45) is 11.5 Å². The molecule has 2 aromatic carbocycles. The summed E-state index contributed by atoms with van der Waals surface area (Å²) in [5, 5.41) is 2.82. The van der Waals surface area contributed by atoms with Gasteiger partial charge in [0.25, 0.3) is 5.91 Å². The average Bonchev–Trinajstić information content (AvgIpc) is 3.13. The number of carbonyl (C=O) groups is 2. The molecule has 2 aromatic rings. The number of rotatable bonds is 6. The molecule has 1 aliphatic rings. The monoisotopic (exact) mass is 355 g/mol. The Hall–Kier alpha value is -2.90. The minimum atomic E-state index is -0.514. The lowest BCUT2D eigenvalue weighted by atomic mass is 10.2. The third-order valence-corrected chi connectivity index (χ3v) is 4.14. The summed E-state index contributed by atoms with van der Waals surface area (Å²) < 4.78 is 11.3. The minimum absolute atomic E-state index is 0.0438. The summed E-state index contributed by atoms with van der Waals surface area (Å²) in [7, 11) is 0. The van der Waals surface area contributed by atoms with Crippen LogP contribution in [-0.2, 0) is 9.53 Å². The maximum atomic E-state index is 12.2. The van der Waals surface area contributed by atoms with Crippen molar-refractivity contribution in [2.45, 2.75) is 25.0 Å². The zero-order chi connectivity index (χ0) is 18.5. The molecule has 0 radical (unpaired) electrons. The van der Waals surface area contributed by atoms with Crippen molar-refractivity contribution in [3.05, 3.63) is 54.1 Å². The Balaban J connectivity index is 1.59. The van der Waals surface area contributed by atoms with Crippen LogP contribution >= 0.6 is 0 Å². The average molecular weight is 355 g/mol. The number of ether oxygens (including phenoxy) is 2. The maximum absolute atomic E-state index is 12.2. The second-order valence-electron chi connectivity index (χ2n) is 6.07. The summed E-state index contributed by atoms with van der Waals surface area (Å²) in [5.74, 6) is 0.387. The molecule has 1 aliphatic heterocycles. The van der Waals surface area contributed by atoms with Gasteiger partial charge in [0.1, 0.15) is 17.6 Å². The van der Waals surface area contributed by atoms with E-state index in [4.69, 9.17) is 20.9 Å². The quantitative estimate of drug-likeness (QED) is 0.733. The van der Waals surface area contributed by atoms with E-state index >= 15 is 0 Å². The second kappa shape index (κ2) is 7.99. The van der Waals surface area contributed by atoms with Crippen LogP contribution in [-0.4, -0.2) is 30.6 Å². The molecule has 2 atom stereocenters. The Bertz CT molecular complexity index is 792. The lowest BCUT2D eigenvalue weighted by Gasteiger charge is -2.13. The highest BCUT2D eigenvalue weighted by Gasteiger charge is 2.29. The standard InChI is InChI=1S/C19H21N3O4/c20-11-16-8-9-17(26-16)19(24)22-13-4-6-14(7-5-13)25-15-3-1-2-12(10-15)18(21)23/h1-7,10,16-17H,8-9,11,20H2,(H2,21,23)(H,22,24)/t16-,17+/m1/s1. The van der Waals surface area contributed by atoms with Crippen LogP contribution in [0.5, 0.6) is 11.5 Å². The maximum Gasteiger partial charge on any atom is 0.253 e. The van der Waals surface area contributed by atoms with Crippen LogP contribution in [0.3, 0.4) is 0 Å². The zero-order valence-corrected chi connectivity index (χ0v) is 14.2. The smallest absolute Gasteiger partial charge is 0.253 e. The summed E-state index contributed by atoms with van der Waals surface area (Å²) in [4.78, 5) is 23.4. The van der Waals surface area contributed by atoms with E-state index in [9.17, 15) is 9.59 Å². The van der Waals surface area contributed by atoms with Gasteiger partial charge in [-0.05, 0) is 55.3 Å². The molecule has 1 saturated heterocycles. The van der Waals surface area contributed by atoms with Crippen LogP contribution in [0.2, 0.25) is 0 Å². The largest absolute Gasteiger partial charge is 0.457 e. The Morgan fingerprint density at radius 2 is 1.88 bits per heavy atom. The predicted molar refractivity (Wildman–Crippen MR) is 97.1 cm³/mol. The third kappa shape index (κ3) is 4.38. The van der Waals surface area contributed by atoms with Crippen molar-refractivity contribution in [1.29, 1.82) is 0 Å². The molecule has 2 amide bonds. The molecular weight excluding hydrogens is 334 g/mol. The van der Waals surface area contributed by atoms with Crippen molar-refractivity contribution < 1.29 is 19.1 Å². The number of benzene rings is 2. The molecule has 0 aromatic heterocycles. The number of nitrogens with one attached hydrogen (secondary N) is 1. The highest BCUT2D eigenvalue weighted by Crippen LogP contribution is 2.25. The van der Waals surface area contributed by atoms with Crippen molar-refractivity contribution in [2.75, 3.05) is 11.9 Å². The summed E-state index contributed by atoms with van der Waals surface area (Å²) in [6.07, 6.45) is 0.963. The van der Waals surface area contributed by atoms with E-state index in [1.54, 1.807) is 48.5 Å². The van der Waals surface area contributed by atoms with Gasteiger partial charge in [0.2, 0.25) is 5.91 Å². The Kier molecular flexibility index (Phi) is 5.50. The molecule has 1 heterocycles. The van der Waals surface area contributed by atoms with Gasteiger partial charge in [-0.15, -0.1) is 0 Å². The molecule has 5 N–H and O–H groups in total. The molecule has 0 bridgehead atoms. The molecule has 0 saturated carbocycles. The number of carbonyl (C=O) groups excluding carboxylic acids is 2. The van der Waals surface area contributed by atoms with Crippen LogP contribution in [0, 0.1) is 0 Å². The summed E-state index contributed by atoms with van der Waals surface area (Å²) in [6, 6.07) is 13.5. The number of primary amides is 1. The summed E-state index contributed by atoms with van der Waals surface area (Å²) in [5.41, 5.74) is 11.8. The fourth-order valence-electron chi connectivity index (χ4n) is 2.75. The molecule has 7 nitrogen and oxygen atoms in total. The first-order chi connectivity index (χ1) is 12.5. The molecule has 1 fully saturated rings. The van der Waals surface area contributed by atoms with Crippen LogP contribution in [0.1, 0.15) is 23.2 Å². The SMILES string of the molecule is NC[C@H]1CC[C@@H](C(=O)Nc2ccc(Oc3cccc(C(N)=O)c3)cc2)O1. The van der Waals surface area contributed by atoms with E-state index in [2.05, 4.69) is 5.32 Å². The fourth-order valence-corrected chi connectivity index (χ4v) is 2.75. The third-order valence-electron chi connectivity index (χ3n) is 4.14. The van der Waals surface area contributed by atoms with E-state index in [0.717, 1.165) is 6.42 Å². The molecule has 26 heavy (non-hydrogen) atoms. The van der Waals surface area contributed by atoms with Crippen LogP contribution < -0.4 is 21.5 Å². The van der Waals surface area contributed by atoms with Gasteiger partial charge in [-0.25, -0.2) is 0 Å². The van der Waals surface area contributed by atoms with Gasteiger partial charge in [0.15, 0.2) is 0 Å². The van der Waals surface area contributed by atoms with Crippen LogP contribution in [0.4, 0.5) is 5.69 Å². The van der Waals surface area contributed by atoms with Crippen molar-refractivity contribution in [1.82, 2.24) is 0 Å². The van der Waals surface area contributed by atoms with Crippen LogP contribution in [0.15, 0.2) is 48.5 Å². The van der Waals surface area contributed by atoms with Gasteiger partial charge in [-0.1, -0.05) is 6.07 Å². The molecule has 136 valence electrons. The highest BCUT2D eigenvalue weighted by molar-refractivity contribution is 5.94. The molecule has 0 aliphatic carbocycles. The Morgan fingerprint density at radius 1 is 1.12 bits per heavy atom. The van der Waals surface area contributed by atoms with Gasteiger partial charge < -0.3 is 26.3 Å². The lowest BCUT2D eigenvalue weighted by Crippen LogP contribution is -2.29. The van der Waals surface area contributed by atoms with Crippen LogP contribution in [0.25, 0.3) is 0 Å². The summed E-state index contributed by atoms with van der Waals surface area (Å²) >= 11 is 0. The number of nitrogens with two attached hydrogens (primary N) is 2. The summed E-state index contributed by atoms with van der Waals surface area (Å²) in [6.45, 7) is 0.423. The van der Waals surface area contributed by atoms with Gasteiger partial charge in [-0.3, -0.25) is 9.59 Å². The topological polar surface area (TPSA) is 117 Å². The number of hydrogen-bond donors (Lipinski definition) is 3. The van der Waals surface area contributed by atoms with Crippen molar-refractivity contribution in [3.8, 4) is 11.5 Å². The number of anilines is 1. The van der Waals surface area contributed by atoms with Gasteiger partial charge in [0.05, 0.1) is 6.10 Å². The first kappa shape index (κ1) is 17.9. The van der Waals surface area contributed by atoms with Gasteiger partial charge in [-0.2, -0.15) is 0 Å². The van der Waals surface area contributed by atoms with Crippen molar-refractivity contribution in [3.63, 3.8) is 0 Å². The predicted octanol–water partition coefficient (Wildman–Crippen LogP) is 2.02. The molecular formula is C19H21N3O4. The van der Waals surface area contributed by atoms with E-state index in [1.165, 1.54) is 0 Å². The normalized spacial score (nSPS) is 19.1. The highest BCUT2D eigenvalue weighted by atomic mass is 16.5. The van der Waals surface area contributed by atoms with E-state index in [0.29, 0.717) is 35.7 Å². The van der Waals surface area contributed by atoms with Crippen molar-refractivity contribution >= 4 is 17.5 Å². The lowest BCUT2D eigenvalue weighted by molar-refractivity contribution is -0.126. The first-order valence-corrected chi connectivity index (χ1v) is 8.39. The fraction of sp³-hybridized carbons (Fsp3) is 0.263. The second-order valence-corrected chi connectivity index (χ2v) is 6.07. The number of hydrogen-bond acceptors (Lipinski definition) is 5. The van der Waals surface area contributed by atoms with Gasteiger partial charge >= 0.3 is 0 Å². The zero-order valence-electron chi connectivity index (χ0n) is 14.2. The van der Waals surface area contributed by atoms with E-state index in [-0.39, 0.29) is 12.0 Å². The Morgan fingerprint density at radius 3 is 2.54 bits per heavy atom. The molecule has 3 rings (SSSR count). The molecule has 0 spiro atoms. The first-order valence-electron chi connectivity index (χ1n) is 8.39. The van der Waals surface area contributed by atoms with Gasteiger partial charge in [0, 0.05) is 17.8 Å². The molecule has 0 unspecified atom stereocenters. The van der Waals surface area contributed by atoms with E-state index in [1.807, 2.05) is 0 Å². The Labute approximate surface area is 151 Å². The minimum Gasteiger partial charge on any atom is -0.457 e.